The van der Waals surface area contributed by atoms with E-state index in [1.807, 2.05) is 18.2 Å². The summed E-state index contributed by atoms with van der Waals surface area (Å²) in [6.07, 6.45) is 3.86. The van der Waals surface area contributed by atoms with Crippen LogP contribution in [0.5, 0.6) is 0 Å². The third-order valence-corrected chi connectivity index (χ3v) is 5.14. The Labute approximate surface area is 139 Å². The van der Waals surface area contributed by atoms with E-state index in [0.717, 1.165) is 38.0 Å². The molecule has 3 saturated heterocycles. The molecular weight excluding hydrogens is 314 g/mol. The zero-order chi connectivity index (χ0) is 15.8. The first-order valence-electron chi connectivity index (χ1n) is 7.94. The van der Waals surface area contributed by atoms with Crippen LogP contribution in [0, 0.1) is 5.92 Å². The van der Waals surface area contributed by atoms with Crippen molar-refractivity contribution in [2.45, 2.75) is 18.9 Å². The van der Waals surface area contributed by atoms with Crippen molar-refractivity contribution < 1.29 is 9.21 Å². The molecule has 0 aliphatic carbocycles. The molecule has 2 bridgehead atoms. The zero-order valence-electron chi connectivity index (χ0n) is 12.7. The number of amides is 1. The Morgan fingerprint density at radius 2 is 2.09 bits per heavy atom. The van der Waals surface area contributed by atoms with Gasteiger partial charge in [-0.15, -0.1) is 0 Å². The first kappa shape index (κ1) is 14.7. The molecule has 5 rings (SSSR count). The second-order valence-electron chi connectivity index (χ2n) is 6.23. The smallest absolute Gasteiger partial charge is 0.307 e. The highest BCUT2D eigenvalue weighted by Crippen LogP contribution is 2.29. The summed E-state index contributed by atoms with van der Waals surface area (Å²) in [4.78, 5) is 18.9. The number of hydrogen-bond acceptors (Lipinski definition) is 4. The SMILES string of the molecule is O=C(NC1CN2CCC1CC2)c1ncc(-c2ccccc2Cl)o1. The average Bonchev–Trinajstić information content (AvgIpc) is 3.06. The maximum absolute atomic E-state index is 12.4. The Morgan fingerprint density at radius 1 is 1.30 bits per heavy atom. The molecular formula is C17H18ClN3O2. The molecule has 6 heteroatoms. The van der Waals surface area contributed by atoms with E-state index < -0.39 is 0 Å². The van der Waals surface area contributed by atoms with E-state index in [0.29, 0.717) is 16.7 Å². The zero-order valence-corrected chi connectivity index (χ0v) is 13.4. The quantitative estimate of drug-likeness (QED) is 0.939. The molecule has 1 atom stereocenters. The molecule has 1 aromatic heterocycles. The van der Waals surface area contributed by atoms with E-state index in [9.17, 15) is 4.79 Å². The summed E-state index contributed by atoms with van der Waals surface area (Å²) in [6.45, 7) is 3.22. The lowest BCUT2D eigenvalue weighted by molar-refractivity contribution is 0.0602. The Hall–Kier alpha value is -1.85. The van der Waals surface area contributed by atoms with Gasteiger partial charge in [-0.1, -0.05) is 23.7 Å². The average molecular weight is 332 g/mol. The molecule has 3 fully saturated rings. The second kappa shape index (κ2) is 5.98. The number of nitrogens with one attached hydrogen (secondary N) is 1. The van der Waals surface area contributed by atoms with Gasteiger partial charge in [-0.3, -0.25) is 4.79 Å². The van der Waals surface area contributed by atoms with E-state index in [1.54, 1.807) is 12.3 Å². The van der Waals surface area contributed by atoms with Crippen molar-refractivity contribution in [3.63, 3.8) is 0 Å². The van der Waals surface area contributed by atoms with Crippen LogP contribution < -0.4 is 5.32 Å². The van der Waals surface area contributed by atoms with Crippen LogP contribution in [0.3, 0.4) is 0 Å². The van der Waals surface area contributed by atoms with Crippen molar-refractivity contribution in [2.24, 2.45) is 5.92 Å². The fraction of sp³-hybridized carbons (Fsp3) is 0.412. The number of nitrogens with zero attached hydrogens (tertiary/aromatic N) is 2. The molecule has 23 heavy (non-hydrogen) atoms. The third-order valence-electron chi connectivity index (χ3n) is 4.81. The van der Waals surface area contributed by atoms with Crippen molar-refractivity contribution in [2.75, 3.05) is 19.6 Å². The third kappa shape index (κ3) is 2.86. The van der Waals surface area contributed by atoms with Crippen molar-refractivity contribution in [3.8, 4) is 11.3 Å². The highest BCUT2D eigenvalue weighted by atomic mass is 35.5. The number of carbonyl (C=O) groups is 1. The molecule has 1 aromatic carbocycles. The Morgan fingerprint density at radius 3 is 2.78 bits per heavy atom. The number of benzene rings is 1. The van der Waals surface area contributed by atoms with Crippen LogP contribution in [0.1, 0.15) is 23.5 Å². The van der Waals surface area contributed by atoms with Gasteiger partial charge < -0.3 is 14.6 Å². The molecule has 0 spiro atoms. The number of rotatable bonds is 3. The second-order valence-corrected chi connectivity index (χ2v) is 6.63. The molecule has 0 saturated carbocycles. The minimum absolute atomic E-state index is 0.0939. The number of fused-ring (bicyclic) bond motifs is 3. The summed E-state index contributed by atoms with van der Waals surface area (Å²) in [5.41, 5.74) is 0.739. The van der Waals surface area contributed by atoms with Crippen LogP contribution in [-0.2, 0) is 0 Å². The lowest BCUT2D eigenvalue weighted by atomic mass is 9.84. The van der Waals surface area contributed by atoms with Gasteiger partial charge in [0.25, 0.3) is 5.89 Å². The summed E-state index contributed by atoms with van der Waals surface area (Å²) < 4.78 is 5.61. The Balaban J connectivity index is 1.48. The molecule has 1 N–H and O–H groups in total. The van der Waals surface area contributed by atoms with Crippen molar-refractivity contribution in [1.29, 1.82) is 0 Å². The molecule has 3 aliphatic heterocycles. The van der Waals surface area contributed by atoms with Gasteiger partial charge in [0.15, 0.2) is 5.76 Å². The van der Waals surface area contributed by atoms with E-state index in [2.05, 4.69) is 15.2 Å². The molecule has 1 amide bonds. The normalized spacial score (nSPS) is 26.2. The van der Waals surface area contributed by atoms with Gasteiger partial charge >= 0.3 is 5.91 Å². The fourth-order valence-corrected chi connectivity index (χ4v) is 3.75. The van der Waals surface area contributed by atoms with Crippen LogP contribution >= 0.6 is 11.6 Å². The molecule has 4 heterocycles. The summed E-state index contributed by atoms with van der Waals surface area (Å²) in [7, 11) is 0. The molecule has 2 aromatic rings. The van der Waals surface area contributed by atoms with Gasteiger partial charge in [0.1, 0.15) is 0 Å². The molecule has 120 valence electrons. The van der Waals surface area contributed by atoms with Gasteiger partial charge in [0.05, 0.1) is 11.2 Å². The Bertz CT molecular complexity index is 722. The lowest BCUT2D eigenvalue weighted by Crippen LogP contribution is -2.57. The maximum atomic E-state index is 12.4. The van der Waals surface area contributed by atoms with Crippen LogP contribution in [-0.4, -0.2) is 41.5 Å². The first-order chi connectivity index (χ1) is 11.2. The topological polar surface area (TPSA) is 58.4 Å². The molecule has 3 aliphatic rings. The summed E-state index contributed by atoms with van der Waals surface area (Å²) in [5.74, 6) is 0.926. The van der Waals surface area contributed by atoms with Crippen LogP contribution in [0.15, 0.2) is 34.9 Å². The fourth-order valence-electron chi connectivity index (χ4n) is 3.52. The monoisotopic (exact) mass is 331 g/mol. The number of carbonyl (C=O) groups excluding carboxylic acids is 1. The van der Waals surface area contributed by atoms with Crippen molar-refractivity contribution >= 4 is 17.5 Å². The van der Waals surface area contributed by atoms with Gasteiger partial charge in [0, 0.05) is 18.2 Å². The molecule has 5 nitrogen and oxygen atoms in total. The highest BCUT2D eigenvalue weighted by molar-refractivity contribution is 6.33. The van der Waals surface area contributed by atoms with E-state index in [-0.39, 0.29) is 17.8 Å². The standard InChI is InChI=1S/C17H18ClN3O2/c18-13-4-2-1-3-12(13)15-9-19-17(23-15)16(22)20-14-10-21-7-5-11(14)6-8-21/h1-4,9,11,14H,5-8,10H2,(H,20,22). The Kier molecular flexibility index (Phi) is 3.83. The first-order valence-corrected chi connectivity index (χ1v) is 8.32. The van der Waals surface area contributed by atoms with E-state index >= 15 is 0 Å². The predicted molar refractivity (Wildman–Crippen MR) is 87.4 cm³/mol. The van der Waals surface area contributed by atoms with Gasteiger partial charge in [0.2, 0.25) is 0 Å². The van der Waals surface area contributed by atoms with Crippen LogP contribution in [0.25, 0.3) is 11.3 Å². The summed E-state index contributed by atoms with van der Waals surface area (Å²) >= 11 is 6.15. The van der Waals surface area contributed by atoms with Crippen molar-refractivity contribution in [3.05, 3.63) is 41.4 Å². The highest BCUT2D eigenvalue weighted by Gasteiger charge is 2.35. The van der Waals surface area contributed by atoms with Crippen LogP contribution in [0.2, 0.25) is 5.02 Å². The minimum atomic E-state index is -0.248. The maximum Gasteiger partial charge on any atom is 0.307 e. The lowest BCUT2D eigenvalue weighted by Gasteiger charge is -2.44. The number of aromatic nitrogens is 1. The van der Waals surface area contributed by atoms with Crippen molar-refractivity contribution in [1.82, 2.24) is 15.2 Å². The van der Waals surface area contributed by atoms with Gasteiger partial charge in [-0.2, -0.15) is 0 Å². The van der Waals surface area contributed by atoms with E-state index in [4.69, 9.17) is 16.0 Å². The molecule has 0 radical (unpaired) electrons. The van der Waals surface area contributed by atoms with Gasteiger partial charge in [-0.05, 0) is 44.0 Å². The number of hydrogen-bond donors (Lipinski definition) is 1. The summed E-state index contributed by atoms with van der Waals surface area (Å²) in [6, 6.07) is 7.55. The largest absolute Gasteiger partial charge is 0.432 e. The number of oxazole rings is 1. The molecule has 1 unspecified atom stereocenters. The van der Waals surface area contributed by atoms with Gasteiger partial charge in [-0.25, -0.2) is 4.98 Å². The number of halogens is 1. The van der Waals surface area contributed by atoms with Crippen LogP contribution in [0.4, 0.5) is 0 Å². The number of piperidine rings is 3. The summed E-state index contributed by atoms with van der Waals surface area (Å²) in [5, 5.41) is 3.65. The van der Waals surface area contributed by atoms with E-state index in [1.165, 1.54) is 0 Å². The predicted octanol–water partition coefficient (Wildman–Crippen LogP) is 2.82. The minimum Gasteiger partial charge on any atom is -0.432 e.